The van der Waals surface area contributed by atoms with E-state index < -0.39 is 29.7 Å². The lowest BCUT2D eigenvalue weighted by molar-refractivity contribution is -0.136. The molecule has 11 heteroatoms. The molecule has 3 N–H and O–H groups in total. The molecule has 1 aromatic carbocycles. The number of benzene rings is 1. The number of hydrogen-bond donors (Lipinski definition) is 2. The number of likely N-dealkylation sites (tertiary alicyclic amines) is 1. The Morgan fingerprint density at radius 1 is 1.16 bits per heavy atom. The molecule has 2 atom stereocenters. The molecule has 4 rings (SSSR count). The Hall–Kier alpha value is -2.98. The number of imide groups is 2. The lowest BCUT2D eigenvalue weighted by atomic mass is 9.98. The van der Waals surface area contributed by atoms with Gasteiger partial charge in [0, 0.05) is 19.5 Å². The molecule has 0 aromatic heterocycles. The maximum atomic E-state index is 13.0. The maximum absolute atomic E-state index is 13.0. The average molecular weight is 465 g/mol. The quantitative estimate of drug-likeness (QED) is 0.588. The molecule has 32 heavy (non-hydrogen) atoms. The van der Waals surface area contributed by atoms with E-state index in [1.807, 2.05) is 0 Å². The first-order valence-corrected chi connectivity index (χ1v) is 10.4. The van der Waals surface area contributed by atoms with Crippen LogP contribution in [0, 0.1) is 5.92 Å². The Morgan fingerprint density at radius 3 is 2.66 bits per heavy atom. The molecule has 0 saturated carbocycles. The number of ether oxygens (including phenoxy) is 1. The molecule has 3 heterocycles. The molecule has 2 unspecified atom stereocenters. The first-order chi connectivity index (χ1) is 14.9. The van der Waals surface area contributed by atoms with Crippen molar-refractivity contribution in [2.24, 2.45) is 11.7 Å². The second-order valence-corrected chi connectivity index (χ2v) is 8.00. The van der Waals surface area contributed by atoms with Gasteiger partial charge in [0.2, 0.25) is 11.8 Å². The summed E-state index contributed by atoms with van der Waals surface area (Å²) in [5, 5.41) is 2.16. The Labute approximate surface area is 190 Å². The van der Waals surface area contributed by atoms with Crippen LogP contribution >= 0.6 is 12.4 Å². The molecule has 0 radical (unpaired) electrons. The number of fused-ring (bicyclic) bond motifs is 1. The number of hydrogen-bond acceptors (Lipinski definition) is 7. The number of carbonyl (C=O) groups excluding carboxylic acids is 5. The molecule has 2 saturated heterocycles. The fraction of sp³-hybridized carbons (Fsp3) is 0.476. The second-order valence-electron chi connectivity index (χ2n) is 8.00. The van der Waals surface area contributed by atoms with Crippen LogP contribution in [-0.4, -0.2) is 71.6 Å². The molecular weight excluding hydrogens is 440 g/mol. The Balaban J connectivity index is 0.00000289. The van der Waals surface area contributed by atoms with Crippen molar-refractivity contribution >= 4 is 41.9 Å². The van der Waals surface area contributed by atoms with Gasteiger partial charge in [-0.2, -0.15) is 0 Å². The molecule has 0 spiro atoms. The number of amides is 5. The summed E-state index contributed by atoms with van der Waals surface area (Å²) >= 11 is 0. The SMILES string of the molecule is Cl.NCC1CCCN(C(=O)COc2cccc3c2C(=O)N(C2CCC(=O)NC2=O)C3=O)C1. The van der Waals surface area contributed by atoms with E-state index >= 15 is 0 Å². The summed E-state index contributed by atoms with van der Waals surface area (Å²) in [6.45, 7) is 1.45. The van der Waals surface area contributed by atoms with Crippen LogP contribution in [-0.2, 0) is 14.4 Å². The Morgan fingerprint density at radius 2 is 1.94 bits per heavy atom. The molecular formula is C21H25ClN4O6. The van der Waals surface area contributed by atoms with Crippen LogP contribution in [0.25, 0.3) is 0 Å². The van der Waals surface area contributed by atoms with E-state index in [0.29, 0.717) is 19.6 Å². The van der Waals surface area contributed by atoms with Crippen LogP contribution in [0.4, 0.5) is 0 Å². The van der Waals surface area contributed by atoms with Crippen molar-refractivity contribution in [2.75, 3.05) is 26.2 Å². The molecule has 1 aromatic rings. The molecule has 172 valence electrons. The first kappa shape index (κ1) is 23.7. The zero-order chi connectivity index (χ0) is 22.1. The van der Waals surface area contributed by atoms with Crippen LogP contribution in [0.15, 0.2) is 18.2 Å². The van der Waals surface area contributed by atoms with E-state index in [2.05, 4.69) is 5.32 Å². The lowest BCUT2D eigenvalue weighted by Gasteiger charge is -2.32. The van der Waals surface area contributed by atoms with Crippen molar-refractivity contribution in [3.63, 3.8) is 0 Å². The molecule has 0 aliphatic carbocycles. The minimum Gasteiger partial charge on any atom is -0.483 e. The van der Waals surface area contributed by atoms with Crippen molar-refractivity contribution in [1.82, 2.24) is 15.1 Å². The van der Waals surface area contributed by atoms with Crippen LogP contribution < -0.4 is 15.8 Å². The normalized spacial score (nSPS) is 22.9. The summed E-state index contributed by atoms with van der Waals surface area (Å²) in [5.74, 6) is -2.23. The van der Waals surface area contributed by atoms with E-state index in [0.717, 1.165) is 17.7 Å². The van der Waals surface area contributed by atoms with Gasteiger partial charge in [-0.3, -0.25) is 34.2 Å². The summed E-state index contributed by atoms with van der Waals surface area (Å²) in [6.07, 6.45) is 1.98. The summed E-state index contributed by atoms with van der Waals surface area (Å²) in [6, 6.07) is 3.50. The van der Waals surface area contributed by atoms with Crippen molar-refractivity contribution < 1.29 is 28.7 Å². The van der Waals surface area contributed by atoms with Crippen LogP contribution in [0.2, 0.25) is 0 Å². The smallest absolute Gasteiger partial charge is 0.266 e. The maximum Gasteiger partial charge on any atom is 0.266 e. The highest BCUT2D eigenvalue weighted by atomic mass is 35.5. The van der Waals surface area contributed by atoms with E-state index in [-0.39, 0.29) is 60.6 Å². The molecule has 10 nitrogen and oxygen atoms in total. The van der Waals surface area contributed by atoms with E-state index in [9.17, 15) is 24.0 Å². The van der Waals surface area contributed by atoms with Crippen LogP contribution in [0.5, 0.6) is 5.75 Å². The van der Waals surface area contributed by atoms with Crippen LogP contribution in [0.3, 0.4) is 0 Å². The first-order valence-electron chi connectivity index (χ1n) is 10.4. The lowest BCUT2D eigenvalue weighted by Crippen LogP contribution is -2.54. The van der Waals surface area contributed by atoms with Gasteiger partial charge in [-0.1, -0.05) is 6.07 Å². The van der Waals surface area contributed by atoms with Gasteiger partial charge < -0.3 is 15.4 Å². The monoisotopic (exact) mass is 464 g/mol. The summed E-state index contributed by atoms with van der Waals surface area (Å²) in [5.41, 5.74) is 5.86. The zero-order valence-corrected chi connectivity index (χ0v) is 18.2. The molecule has 3 aliphatic heterocycles. The average Bonchev–Trinajstić information content (AvgIpc) is 3.03. The van der Waals surface area contributed by atoms with Crippen molar-refractivity contribution in [3.05, 3.63) is 29.3 Å². The number of nitrogens with two attached hydrogens (primary N) is 1. The topological polar surface area (TPSA) is 139 Å². The standard InChI is InChI=1S/C21H24N4O6.ClH/c22-9-12-3-2-8-24(10-12)17(27)11-31-15-5-1-4-13-18(15)21(30)25(20(13)29)14-6-7-16(26)23-19(14)28;/h1,4-5,12,14H,2-3,6-11,22H2,(H,23,26,28);1H. The fourth-order valence-electron chi connectivity index (χ4n) is 4.32. The van der Waals surface area contributed by atoms with Gasteiger partial charge in [-0.15, -0.1) is 12.4 Å². The number of nitrogens with one attached hydrogen (secondary N) is 1. The number of carbonyl (C=O) groups is 5. The number of nitrogens with zero attached hydrogens (tertiary/aromatic N) is 2. The second kappa shape index (κ2) is 9.66. The van der Waals surface area contributed by atoms with Gasteiger partial charge in [-0.25, -0.2) is 0 Å². The van der Waals surface area contributed by atoms with Gasteiger partial charge >= 0.3 is 0 Å². The van der Waals surface area contributed by atoms with Crippen LogP contribution in [0.1, 0.15) is 46.4 Å². The minimum absolute atomic E-state index is 0. The van der Waals surface area contributed by atoms with Gasteiger partial charge in [0.1, 0.15) is 11.8 Å². The largest absolute Gasteiger partial charge is 0.483 e. The summed E-state index contributed by atoms with van der Waals surface area (Å²) in [7, 11) is 0. The van der Waals surface area contributed by atoms with Gasteiger partial charge in [0.15, 0.2) is 6.61 Å². The van der Waals surface area contributed by atoms with E-state index in [4.69, 9.17) is 10.5 Å². The van der Waals surface area contributed by atoms with E-state index in [1.165, 1.54) is 12.1 Å². The third kappa shape index (κ3) is 4.33. The summed E-state index contributed by atoms with van der Waals surface area (Å²) < 4.78 is 5.65. The van der Waals surface area contributed by atoms with E-state index in [1.54, 1.807) is 11.0 Å². The predicted molar refractivity (Wildman–Crippen MR) is 114 cm³/mol. The van der Waals surface area contributed by atoms with Gasteiger partial charge in [0.05, 0.1) is 11.1 Å². The molecule has 0 bridgehead atoms. The number of rotatable bonds is 5. The Kier molecular flexibility index (Phi) is 7.15. The summed E-state index contributed by atoms with van der Waals surface area (Å²) in [4.78, 5) is 64.6. The van der Waals surface area contributed by atoms with Gasteiger partial charge in [-0.05, 0) is 43.9 Å². The number of piperidine rings is 2. The Bertz CT molecular complexity index is 968. The minimum atomic E-state index is -1.05. The van der Waals surface area contributed by atoms with Crippen molar-refractivity contribution in [3.8, 4) is 5.75 Å². The fourth-order valence-corrected chi connectivity index (χ4v) is 4.32. The molecule has 5 amide bonds. The number of halogens is 1. The highest BCUT2D eigenvalue weighted by molar-refractivity contribution is 6.24. The predicted octanol–water partition coefficient (Wildman–Crippen LogP) is 0.0857. The third-order valence-corrected chi connectivity index (χ3v) is 5.99. The third-order valence-electron chi connectivity index (χ3n) is 5.99. The van der Waals surface area contributed by atoms with Crippen molar-refractivity contribution in [1.29, 1.82) is 0 Å². The zero-order valence-electron chi connectivity index (χ0n) is 17.4. The highest BCUT2D eigenvalue weighted by Gasteiger charge is 2.46. The highest BCUT2D eigenvalue weighted by Crippen LogP contribution is 2.33. The molecule has 2 fully saturated rings. The molecule has 3 aliphatic rings. The van der Waals surface area contributed by atoms with Gasteiger partial charge in [0.25, 0.3) is 17.7 Å². The van der Waals surface area contributed by atoms with Crippen molar-refractivity contribution in [2.45, 2.75) is 31.7 Å².